The van der Waals surface area contributed by atoms with Gasteiger partial charge in [-0.05, 0) is 0 Å². The van der Waals surface area contributed by atoms with E-state index in [1.165, 1.54) is 11.5 Å². The first kappa shape index (κ1) is 11.0. The highest BCUT2D eigenvalue weighted by molar-refractivity contribution is 7.09. The predicted molar refractivity (Wildman–Crippen MR) is 62.5 cm³/mol. The van der Waals surface area contributed by atoms with E-state index in [2.05, 4.69) is 19.7 Å². The second-order valence-corrected chi connectivity index (χ2v) is 3.96. The van der Waals surface area contributed by atoms with E-state index in [1.807, 2.05) is 17.8 Å². The van der Waals surface area contributed by atoms with Crippen LogP contribution in [0.2, 0.25) is 0 Å². The minimum Gasteiger partial charge on any atom is -0.383 e. The monoisotopic (exact) mass is 239 g/mol. The summed E-state index contributed by atoms with van der Waals surface area (Å²) in [4.78, 5) is 8.53. The molecule has 86 valence electrons. The van der Waals surface area contributed by atoms with E-state index in [0.29, 0.717) is 12.4 Å². The number of rotatable bonds is 5. The first-order valence-electron chi connectivity index (χ1n) is 4.85. The van der Waals surface area contributed by atoms with Crippen molar-refractivity contribution in [1.29, 1.82) is 0 Å². The first-order valence-corrected chi connectivity index (χ1v) is 5.63. The minimum atomic E-state index is 0.650. The quantitative estimate of drug-likeness (QED) is 0.788. The average molecular weight is 239 g/mol. The van der Waals surface area contributed by atoms with Crippen LogP contribution in [-0.2, 0) is 11.8 Å². The summed E-state index contributed by atoms with van der Waals surface area (Å²) in [6, 6.07) is 0. The number of nitrogens with zero attached hydrogens (tertiary/aromatic N) is 4. The molecule has 2 aromatic heterocycles. The standard InChI is InChI=1S/C9H13N5OS/c1-14-5-3-10-8(14)7-12-9(16-13-7)11-4-6-15-2/h3,5H,4,6H2,1-2H3,(H,11,12,13). The fraction of sp³-hybridized carbons (Fsp3) is 0.444. The number of aryl methyl sites for hydroxylation is 1. The summed E-state index contributed by atoms with van der Waals surface area (Å²) < 4.78 is 11.1. The van der Waals surface area contributed by atoms with Gasteiger partial charge in [-0.1, -0.05) is 0 Å². The first-order chi connectivity index (χ1) is 7.81. The Morgan fingerprint density at radius 3 is 3.12 bits per heavy atom. The van der Waals surface area contributed by atoms with Gasteiger partial charge in [0.25, 0.3) is 0 Å². The molecule has 0 saturated carbocycles. The maximum Gasteiger partial charge on any atom is 0.210 e. The van der Waals surface area contributed by atoms with Crippen LogP contribution in [0.3, 0.4) is 0 Å². The van der Waals surface area contributed by atoms with Gasteiger partial charge in [-0.3, -0.25) is 0 Å². The molecule has 0 aliphatic heterocycles. The van der Waals surface area contributed by atoms with Gasteiger partial charge < -0.3 is 14.6 Å². The van der Waals surface area contributed by atoms with Crippen LogP contribution in [0.25, 0.3) is 11.6 Å². The molecule has 0 unspecified atom stereocenters. The fourth-order valence-corrected chi connectivity index (χ4v) is 1.82. The Labute approximate surface area is 97.5 Å². The molecular weight excluding hydrogens is 226 g/mol. The number of anilines is 1. The van der Waals surface area contributed by atoms with E-state index in [9.17, 15) is 0 Å². The number of methoxy groups -OCH3 is 1. The fourth-order valence-electron chi connectivity index (χ4n) is 1.23. The molecule has 0 bridgehead atoms. The van der Waals surface area contributed by atoms with Crippen LogP contribution in [0.15, 0.2) is 12.4 Å². The molecule has 2 aromatic rings. The highest BCUT2D eigenvalue weighted by atomic mass is 32.1. The summed E-state index contributed by atoms with van der Waals surface area (Å²) in [6.07, 6.45) is 3.60. The highest BCUT2D eigenvalue weighted by Crippen LogP contribution is 2.18. The summed E-state index contributed by atoms with van der Waals surface area (Å²) >= 11 is 1.33. The summed E-state index contributed by atoms with van der Waals surface area (Å²) in [5.74, 6) is 1.42. The number of hydrogen-bond donors (Lipinski definition) is 1. The minimum absolute atomic E-state index is 0.650. The van der Waals surface area contributed by atoms with Crippen LogP contribution >= 0.6 is 11.5 Å². The lowest BCUT2D eigenvalue weighted by Crippen LogP contribution is -2.07. The van der Waals surface area contributed by atoms with Gasteiger partial charge >= 0.3 is 0 Å². The largest absolute Gasteiger partial charge is 0.383 e. The molecule has 2 heterocycles. The molecule has 0 aliphatic carbocycles. The van der Waals surface area contributed by atoms with Gasteiger partial charge in [0.1, 0.15) is 0 Å². The smallest absolute Gasteiger partial charge is 0.210 e. The van der Waals surface area contributed by atoms with E-state index in [4.69, 9.17) is 4.74 Å². The molecule has 0 aromatic carbocycles. The van der Waals surface area contributed by atoms with E-state index in [0.717, 1.165) is 17.5 Å². The zero-order valence-corrected chi connectivity index (χ0v) is 9.99. The number of aromatic nitrogens is 4. The topological polar surface area (TPSA) is 64.9 Å². The Kier molecular flexibility index (Phi) is 3.47. The number of imidazole rings is 1. The molecule has 0 atom stereocenters. The average Bonchev–Trinajstić information content (AvgIpc) is 2.87. The van der Waals surface area contributed by atoms with Crippen LogP contribution in [0.1, 0.15) is 0 Å². The van der Waals surface area contributed by atoms with Crippen molar-refractivity contribution in [2.24, 2.45) is 7.05 Å². The molecule has 0 amide bonds. The van der Waals surface area contributed by atoms with Crippen LogP contribution in [0.5, 0.6) is 0 Å². The van der Waals surface area contributed by atoms with Crippen LogP contribution in [-0.4, -0.2) is 39.2 Å². The van der Waals surface area contributed by atoms with Crippen LogP contribution < -0.4 is 5.32 Å². The van der Waals surface area contributed by atoms with Crippen LogP contribution in [0, 0.1) is 0 Å². The van der Waals surface area contributed by atoms with Gasteiger partial charge in [-0.25, -0.2) is 4.98 Å². The van der Waals surface area contributed by atoms with Crippen molar-refractivity contribution in [3.8, 4) is 11.6 Å². The maximum atomic E-state index is 4.94. The second-order valence-electron chi connectivity index (χ2n) is 3.20. The Balaban J connectivity index is 2.05. The van der Waals surface area contributed by atoms with Gasteiger partial charge in [0.2, 0.25) is 11.0 Å². The van der Waals surface area contributed by atoms with Gasteiger partial charge in [0.05, 0.1) is 6.61 Å². The number of ether oxygens (including phenoxy) is 1. The van der Waals surface area contributed by atoms with Gasteiger partial charge in [0, 0.05) is 44.6 Å². The van der Waals surface area contributed by atoms with Crippen molar-refractivity contribution in [1.82, 2.24) is 18.9 Å². The van der Waals surface area contributed by atoms with Crippen molar-refractivity contribution < 1.29 is 4.74 Å². The van der Waals surface area contributed by atoms with E-state index in [1.54, 1.807) is 13.3 Å². The van der Waals surface area contributed by atoms with E-state index < -0.39 is 0 Å². The van der Waals surface area contributed by atoms with Crippen molar-refractivity contribution in [3.63, 3.8) is 0 Å². The molecule has 0 aliphatic rings. The lowest BCUT2D eigenvalue weighted by molar-refractivity contribution is 0.211. The molecule has 16 heavy (non-hydrogen) atoms. The molecule has 0 fully saturated rings. The third-order valence-electron chi connectivity index (χ3n) is 2.03. The lowest BCUT2D eigenvalue weighted by atomic mass is 10.6. The SMILES string of the molecule is COCCNc1nc(-c2nccn2C)ns1. The van der Waals surface area contributed by atoms with Crippen LogP contribution in [0.4, 0.5) is 5.13 Å². The Morgan fingerprint density at radius 2 is 2.44 bits per heavy atom. The third kappa shape index (κ3) is 2.37. The Bertz CT molecular complexity index is 452. The molecule has 0 spiro atoms. The molecule has 2 rings (SSSR count). The molecule has 6 nitrogen and oxygen atoms in total. The molecule has 7 heteroatoms. The predicted octanol–water partition coefficient (Wildman–Crippen LogP) is 0.997. The number of nitrogens with one attached hydrogen (secondary N) is 1. The molecular formula is C9H13N5OS. The Hall–Kier alpha value is -1.47. The Morgan fingerprint density at radius 1 is 1.56 bits per heavy atom. The normalized spacial score (nSPS) is 10.6. The third-order valence-corrected chi connectivity index (χ3v) is 2.70. The van der Waals surface area contributed by atoms with Crippen molar-refractivity contribution in [3.05, 3.63) is 12.4 Å². The maximum absolute atomic E-state index is 4.94. The van der Waals surface area contributed by atoms with Gasteiger partial charge in [-0.15, -0.1) is 0 Å². The number of hydrogen-bond acceptors (Lipinski definition) is 6. The van der Waals surface area contributed by atoms with E-state index in [-0.39, 0.29) is 0 Å². The summed E-state index contributed by atoms with van der Waals surface area (Å²) in [7, 11) is 3.59. The van der Waals surface area contributed by atoms with Crippen molar-refractivity contribution >= 4 is 16.7 Å². The highest BCUT2D eigenvalue weighted by Gasteiger charge is 2.09. The summed E-state index contributed by atoms with van der Waals surface area (Å²) in [5, 5.41) is 3.92. The summed E-state index contributed by atoms with van der Waals surface area (Å²) in [6.45, 7) is 1.38. The zero-order chi connectivity index (χ0) is 11.4. The van der Waals surface area contributed by atoms with Crippen molar-refractivity contribution in [2.45, 2.75) is 0 Å². The molecule has 0 saturated heterocycles. The molecule has 0 radical (unpaired) electrons. The summed E-state index contributed by atoms with van der Waals surface area (Å²) in [5.41, 5.74) is 0. The van der Waals surface area contributed by atoms with Gasteiger partial charge in [-0.2, -0.15) is 9.36 Å². The van der Waals surface area contributed by atoms with Crippen molar-refractivity contribution in [2.75, 3.05) is 25.6 Å². The zero-order valence-electron chi connectivity index (χ0n) is 9.17. The molecule has 1 N–H and O–H groups in total. The van der Waals surface area contributed by atoms with E-state index >= 15 is 0 Å². The lowest BCUT2D eigenvalue weighted by Gasteiger charge is -1.99. The second kappa shape index (κ2) is 5.04. The van der Waals surface area contributed by atoms with Gasteiger partial charge in [0.15, 0.2) is 5.82 Å².